The number of hydrogen-bond acceptors (Lipinski definition) is 3. The third kappa shape index (κ3) is 3.39. The average molecular weight is 303 g/mol. The Morgan fingerprint density at radius 3 is 2.65 bits per heavy atom. The maximum atomic E-state index is 12.5. The van der Waals surface area contributed by atoms with Crippen molar-refractivity contribution in [3.05, 3.63) is 46.7 Å². The molecule has 0 aliphatic heterocycles. The second-order valence-electron chi connectivity index (χ2n) is 3.93. The van der Waals surface area contributed by atoms with Gasteiger partial charge in [-0.25, -0.2) is 4.98 Å². The molecule has 1 aromatic carbocycles. The minimum Gasteiger partial charge on any atom is -0.424 e. The Hall–Kier alpha value is -1.82. The van der Waals surface area contributed by atoms with Gasteiger partial charge in [0.15, 0.2) is 5.69 Å². The van der Waals surface area contributed by atoms with E-state index in [1.54, 1.807) is 18.2 Å². The summed E-state index contributed by atoms with van der Waals surface area (Å²) in [6.45, 7) is 1.91. The molecule has 2 aromatic rings. The van der Waals surface area contributed by atoms with Gasteiger partial charge < -0.3 is 4.74 Å². The van der Waals surface area contributed by atoms with Crippen LogP contribution in [0, 0.1) is 0 Å². The van der Waals surface area contributed by atoms with E-state index >= 15 is 0 Å². The highest BCUT2D eigenvalue weighted by atomic mass is 35.5. The van der Waals surface area contributed by atoms with E-state index < -0.39 is 11.9 Å². The minimum atomic E-state index is -4.53. The monoisotopic (exact) mass is 302 g/mol. The fraction of sp³-hybridized carbons (Fsp3) is 0.231. The van der Waals surface area contributed by atoms with Crippen molar-refractivity contribution in [2.45, 2.75) is 19.5 Å². The number of aromatic nitrogens is 2. The van der Waals surface area contributed by atoms with Gasteiger partial charge in [0.05, 0.1) is 0 Å². The van der Waals surface area contributed by atoms with Gasteiger partial charge in [-0.2, -0.15) is 18.2 Å². The normalized spacial score (nSPS) is 11.4. The Bertz CT molecular complexity index is 617. The quantitative estimate of drug-likeness (QED) is 0.837. The highest BCUT2D eigenvalue weighted by molar-refractivity contribution is 6.31. The predicted molar refractivity (Wildman–Crippen MR) is 67.9 cm³/mol. The Morgan fingerprint density at radius 2 is 2.00 bits per heavy atom. The standard InChI is InChI=1S/C13H10ClF3N2O/c1-2-8-7-9(3-4-10(8)14)20-12-18-6-5-11(19-12)13(15,16)17/h3-7H,2H2,1H3. The van der Waals surface area contributed by atoms with Gasteiger partial charge in [0.2, 0.25) is 0 Å². The van der Waals surface area contributed by atoms with Crippen LogP contribution in [0.15, 0.2) is 30.5 Å². The summed E-state index contributed by atoms with van der Waals surface area (Å²) < 4.78 is 42.8. The zero-order valence-corrected chi connectivity index (χ0v) is 11.2. The number of aryl methyl sites for hydroxylation is 1. The van der Waals surface area contributed by atoms with Crippen LogP contribution in [0.1, 0.15) is 18.2 Å². The van der Waals surface area contributed by atoms with Crippen LogP contribution >= 0.6 is 11.6 Å². The van der Waals surface area contributed by atoms with Crippen LogP contribution in [-0.4, -0.2) is 9.97 Å². The molecule has 0 atom stereocenters. The van der Waals surface area contributed by atoms with Crippen molar-refractivity contribution in [2.75, 3.05) is 0 Å². The van der Waals surface area contributed by atoms with Crippen LogP contribution in [0.3, 0.4) is 0 Å². The molecule has 106 valence electrons. The van der Waals surface area contributed by atoms with Gasteiger partial charge in [-0.15, -0.1) is 0 Å². The van der Waals surface area contributed by atoms with Gasteiger partial charge in [0, 0.05) is 11.2 Å². The summed E-state index contributed by atoms with van der Waals surface area (Å²) in [5.41, 5.74) is -0.219. The highest BCUT2D eigenvalue weighted by Gasteiger charge is 2.33. The van der Waals surface area contributed by atoms with Crippen molar-refractivity contribution in [3.63, 3.8) is 0 Å². The SMILES string of the molecule is CCc1cc(Oc2nccc(C(F)(F)F)n2)ccc1Cl. The van der Waals surface area contributed by atoms with Crippen molar-refractivity contribution in [1.29, 1.82) is 0 Å². The van der Waals surface area contributed by atoms with E-state index in [9.17, 15) is 13.2 Å². The Kier molecular flexibility index (Phi) is 4.13. The third-order valence-corrected chi connectivity index (χ3v) is 2.90. The fourth-order valence-electron chi connectivity index (χ4n) is 1.54. The molecular weight excluding hydrogens is 293 g/mol. The van der Waals surface area contributed by atoms with Crippen LogP contribution in [0.4, 0.5) is 13.2 Å². The zero-order chi connectivity index (χ0) is 14.8. The summed E-state index contributed by atoms with van der Waals surface area (Å²) >= 11 is 5.95. The van der Waals surface area contributed by atoms with E-state index in [-0.39, 0.29) is 6.01 Å². The van der Waals surface area contributed by atoms with Crippen LogP contribution < -0.4 is 4.74 Å². The molecule has 0 unspecified atom stereocenters. The van der Waals surface area contributed by atoms with Crippen LogP contribution in [0.2, 0.25) is 5.02 Å². The summed E-state index contributed by atoms with van der Waals surface area (Å²) in [6.07, 6.45) is -2.85. The smallest absolute Gasteiger partial charge is 0.424 e. The van der Waals surface area contributed by atoms with Gasteiger partial charge in [0.1, 0.15) is 5.75 Å². The van der Waals surface area contributed by atoms with Gasteiger partial charge >= 0.3 is 12.2 Å². The first kappa shape index (κ1) is 14.6. The summed E-state index contributed by atoms with van der Waals surface area (Å²) in [6, 6.07) is 5.23. The van der Waals surface area contributed by atoms with Gasteiger partial charge in [0.25, 0.3) is 0 Å². The maximum Gasteiger partial charge on any atom is 0.433 e. The van der Waals surface area contributed by atoms with E-state index in [0.29, 0.717) is 17.2 Å². The lowest BCUT2D eigenvalue weighted by Crippen LogP contribution is -2.08. The van der Waals surface area contributed by atoms with Crippen LogP contribution in [0.5, 0.6) is 11.8 Å². The largest absolute Gasteiger partial charge is 0.433 e. The Morgan fingerprint density at radius 1 is 1.25 bits per heavy atom. The van der Waals surface area contributed by atoms with Crippen molar-refractivity contribution in [1.82, 2.24) is 9.97 Å². The number of rotatable bonds is 3. The third-order valence-electron chi connectivity index (χ3n) is 2.53. The number of ether oxygens (including phenoxy) is 1. The lowest BCUT2D eigenvalue weighted by Gasteiger charge is -2.09. The molecule has 0 fully saturated rings. The highest BCUT2D eigenvalue weighted by Crippen LogP contribution is 2.29. The lowest BCUT2D eigenvalue weighted by atomic mass is 10.1. The van der Waals surface area contributed by atoms with E-state index in [2.05, 4.69) is 9.97 Å². The molecule has 0 saturated carbocycles. The van der Waals surface area contributed by atoms with Gasteiger partial charge in [-0.3, -0.25) is 0 Å². The zero-order valence-electron chi connectivity index (χ0n) is 10.4. The molecule has 7 heteroatoms. The molecule has 0 amide bonds. The summed E-state index contributed by atoms with van der Waals surface area (Å²) in [5, 5.41) is 0.574. The summed E-state index contributed by atoms with van der Waals surface area (Å²) in [7, 11) is 0. The molecule has 0 spiro atoms. The predicted octanol–water partition coefficient (Wildman–Crippen LogP) is 4.50. The van der Waals surface area contributed by atoms with E-state index in [0.717, 1.165) is 17.8 Å². The molecule has 1 heterocycles. The molecule has 0 N–H and O–H groups in total. The van der Waals surface area contributed by atoms with Crippen LogP contribution in [0.25, 0.3) is 0 Å². The molecule has 0 aliphatic rings. The molecule has 2 rings (SSSR count). The molecule has 1 aromatic heterocycles. The first-order valence-electron chi connectivity index (χ1n) is 5.76. The molecule has 0 aliphatic carbocycles. The molecule has 0 bridgehead atoms. The fourth-order valence-corrected chi connectivity index (χ4v) is 1.79. The number of hydrogen-bond donors (Lipinski definition) is 0. The van der Waals surface area contributed by atoms with E-state index in [1.807, 2.05) is 6.92 Å². The number of nitrogens with zero attached hydrogens (tertiary/aromatic N) is 2. The number of alkyl halides is 3. The molecule has 0 saturated heterocycles. The first-order chi connectivity index (χ1) is 9.40. The molecule has 3 nitrogen and oxygen atoms in total. The summed E-state index contributed by atoms with van der Waals surface area (Å²) in [5.74, 6) is 0.338. The second kappa shape index (κ2) is 5.66. The van der Waals surface area contributed by atoms with Crippen molar-refractivity contribution in [2.24, 2.45) is 0 Å². The van der Waals surface area contributed by atoms with Crippen molar-refractivity contribution < 1.29 is 17.9 Å². The molecule has 0 radical (unpaired) electrons. The topological polar surface area (TPSA) is 35.0 Å². The molecule has 20 heavy (non-hydrogen) atoms. The van der Waals surface area contributed by atoms with E-state index in [4.69, 9.17) is 16.3 Å². The number of halogens is 4. The van der Waals surface area contributed by atoms with Crippen molar-refractivity contribution in [3.8, 4) is 11.8 Å². The Labute approximate surface area is 118 Å². The second-order valence-corrected chi connectivity index (χ2v) is 4.34. The minimum absolute atomic E-state index is 0.338. The van der Waals surface area contributed by atoms with Gasteiger partial charge in [-0.05, 0) is 36.2 Å². The molecular formula is C13H10ClF3N2O. The number of benzene rings is 1. The van der Waals surface area contributed by atoms with E-state index in [1.165, 1.54) is 0 Å². The van der Waals surface area contributed by atoms with Crippen LogP contribution in [-0.2, 0) is 12.6 Å². The average Bonchev–Trinajstić information content (AvgIpc) is 2.40. The maximum absolute atomic E-state index is 12.5. The Balaban J connectivity index is 2.26. The van der Waals surface area contributed by atoms with Crippen molar-refractivity contribution >= 4 is 11.6 Å². The van der Waals surface area contributed by atoms with Gasteiger partial charge in [-0.1, -0.05) is 18.5 Å². The summed E-state index contributed by atoms with van der Waals surface area (Å²) in [4.78, 5) is 6.99. The lowest BCUT2D eigenvalue weighted by molar-refractivity contribution is -0.141. The first-order valence-corrected chi connectivity index (χ1v) is 6.14.